The van der Waals surface area contributed by atoms with Crippen molar-refractivity contribution in [3.63, 3.8) is 0 Å². The highest BCUT2D eigenvalue weighted by molar-refractivity contribution is 7.89. The number of carboxylic acids is 1. The molecule has 0 amide bonds. The van der Waals surface area contributed by atoms with Crippen molar-refractivity contribution in [3.8, 4) is 22.9 Å². The zero-order valence-corrected chi connectivity index (χ0v) is 16.9. The quantitative estimate of drug-likeness (QED) is 0.617. The third kappa shape index (κ3) is 3.99. The van der Waals surface area contributed by atoms with Gasteiger partial charge in [-0.2, -0.15) is 4.72 Å². The first-order valence-corrected chi connectivity index (χ1v) is 11.1. The molecule has 0 bridgehead atoms. The molecular formula is C21H21N3O5S. The van der Waals surface area contributed by atoms with Crippen LogP contribution in [0.5, 0.6) is 0 Å². The highest BCUT2D eigenvalue weighted by atomic mass is 32.2. The van der Waals surface area contributed by atoms with E-state index in [1.165, 1.54) is 12.1 Å². The first kappa shape index (κ1) is 20.2. The highest BCUT2D eigenvalue weighted by Crippen LogP contribution is 2.31. The van der Waals surface area contributed by atoms with Gasteiger partial charge in [0.25, 0.3) is 0 Å². The van der Waals surface area contributed by atoms with Crippen LogP contribution in [-0.2, 0) is 14.8 Å². The fourth-order valence-electron chi connectivity index (χ4n) is 3.64. The van der Waals surface area contributed by atoms with E-state index in [2.05, 4.69) is 14.9 Å². The summed E-state index contributed by atoms with van der Waals surface area (Å²) in [5, 5.41) is 17.7. The lowest BCUT2D eigenvalue weighted by Crippen LogP contribution is -2.55. The molecule has 30 heavy (non-hydrogen) atoms. The molecule has 0 atom stereocenters. The number of carboxylic acid groups (broad SMARTS) is 1. The van der Waals surface area contributed by atoms with Crippen molar-refractivity contribution in [2.24, 2.45) is 0 Å². The molecule has 2 aromatic carbocycles. The molecule has 1 aliphatic carbocycles. The topological polar surface area (TPSA) is 122 Å². The highest BCUT2D eigenvalue weighted by Gasteiger charge is 2.43. The Morgan fingerprint density at radius 1 is 0.900 bits per heavy atom. The van der Waals surface area contributed by atoms with Crippen molar-refractivity contribution in [1.82, 2.24) is 14.9 Å². The first-order valence-electron chi connectivity index (χ1n) is 9.66. The number of sulfonamides is 1. The SMILES string of the molecule is O=C(O)C1(NS(=O)(=O)c2ccc(-c3nnc(-c4ccccc4)o3)cc2)CCCCC1. The number of rotatable bonds is 6. The Labute approximate surface area is 174 Å². The van der Waals surface area contributed by atoms with Crippen molar-refractivity contribution in [2.45, 2.75) is 42.5 Å². The lowest BCUT2D eigenvalue weighted by molar-refractivity contribution is -0.145. The Morgan fingerprint density at radius 2 is 1.47 bits per heavy atom. The zero-order chi connectivity index (χ0) is 21.2. The number of benzene rings is 2. The molecule has 3 aromatic rings. The van der Waals surface area contributed by atoms with Crippen LogP contribution in [0.1, 0.15) is 32.1 Å². The van der Waals surface area contributed by atoms with Gasteiger partial charge in [0.2, 0.25) is 21.8 Å². The van der Waals surface area contributed by atoms with E-state index in [9.17, 15) is 18.3 Å². The smallest absolute Gasteiger partial charge is 0.324 e. The zero-order valence-electron chi connectivity index (χ0n) is 16.1. The lowest BCUT2D eigenvalue weighted by atomic mass is 9.83. The van der Waals surface area contributed by atoms with Crippen LogP contribution >= 0.6 is 0 Å². The second kappa shape index (κ2) is 8.00. The molecule has 0 spiro atoms. The molecule has 1 aliphatic rings. The number of hydrogen-bond donors (Lipinski definition) is 2. The number of nitrogens with zero attached hydrogens (tertiary/aromatic N) is 2. The maximum absolute atomic E-state index is 12.8. The van der Waals surface area contributed by atoms with Crippen LogP contribution in [-0.4, -0.2) is 35.2 Å². The summed E-state index contributed by atoms with van der Waals surface area (Å²) in [6, 6.07) is 15.2. The van der Waals surface area contributed by atoms with Gasteiger partial charge in [-0.25, -0.2) is 8.42 Å². The Bertz CT molecular complexity index is 1130. The van der Waals surface area contributed by atoms with Gasteiger partial charge < -0.3 is 9.52 Å². The van der Waals surface area contributed by atoms with E-state index >= 15 is 0 Å². The molecule has 1 aromatic heterocycles. The average molecular weight is 427 g/mol. The predicted octanol–water partition coefficient (Wildman–Crippen LogP) is 3.47. The van der Waals surface area contributed by atoms with E-state index in [1.807, 2.05) is 30.3 Å². The minimum atomic E-state index is -4.00. The van der Waals surface area contributed by atoms with Gasteiger partial charge in [-0.05, 0) is 49.2 Å². The maximum Gasteiger partial charge on any atom is 0.324 e. The molecule has 156 valence electrons. The first-order chi connectivity index (χ1) is 14.4. The minimum Gasteiger partial charge on any atom is -0.480 e. The second-order valence-corrected chi connectivity index (χ2v) is 9.04. The Hall–Kier alpha value is -3.04. The summed E-state index contributed by atoms with van der Waals surface area (Å²) in [7, 11) is -4.00. The van der Waals surface area contributed by atoms with Gasteiger partial charge in [-0.3, -0.25) is 4.79 Å². The van der Waals surface area contributed by atoms with Gasteiger partial charge in [-0.15, -0.1) is 10.2 Å². The van der Waals surface area contributed by atoms with Crippen LogP contribution in [0.25, 0.3) is 22.9 Å². The molecule has 0 unspecified atom stereocenters. The number of nitrogens with one attached hydrogen (secondary N) is 1. The van der Waals surface area contributed by atoms with Gasteiger partial charge in [0.15, 0.2) is 0 Å². The summed E-state index contributed by atoms with van der Waals surface area (Å²) in [5.41, 5.74) is -0.104. The molecule has 1 saturated carbocycles. The standard InChI is InChI=1S/C21H21N3O5S/c25-20(26)21(13-5-2-6-14-21)24-30(27,28)17-11-9-16(10-12-17)19-23-22-18(29-19)15-7-3-1-4-8-15/h1,3-4,7-12,24H,2,5-6,13-14H2,(H,25,26). The Balaban J connectivity index is 1.56. The minimum absolute atomic E-state index is 0.0137. The van der Waals surface area contributed by atoms with Crippen molar-refractivity contribution in [2.75, 3.05) is 0 Å². The van der Waals surface area contributed by atoms with Crippen LogP contribution in [0.15, 0.2) is 63.9 Å². The fourth-order valence-corrected chi connectivity index (χ4v) is 5.06. The normalized spacial score (nSPS) is 16.3. The number of aromatic nitrogens is 2. The van der Waals surface area contributed by atoms with Crippen LogP contribution in [0, 0.1) is 0 Å². The van der Waals surface area contributed by atoms with Gasteiger partial charge in [0.1, 0.15) is 5.54 Å². The second-order valence-electron chi connectivity index (χ2n) is 7.36. The lowest BCUT2D eigenvalue weighted by Gasteiger charge is -2.33. The monoisotopic (exact) mass is 427 g/mol. The molecule has 2 N–H and O–H groups in total. The van der Waals surface area contributed by atoms with Crippen LogP contribution < -0.4 is 4.72 Å². The molecule has 4 rings (SSSR count). The molecule has 1 fully saturated rings. The van der Waals surface area contributed by atoms with Crippen LogP contribution in [0.4, 0.5) is 0 Å². The van der Waals surface area contributed by atoms with Gasteiger partial charge in [-0.1, -0.05) is 37.5 Å². The third-order valence-corrected chi connectivity index (χ3v) is 6.86. The summed E-state index contributed by atoms with van der Waals surface area (Å²) in [5.74, 6) is -0.508. The number of aliphatic carboxylic acids is 1. The number of carbonyl (C=O) groups is 1. The van der Waals surface area contributed by atoms with Gasteiger partial charge in [0, 0.05) is 11.1 Å². The summed E-state index contributed by atoms with van der Waals surface area (Å²) >= 11 is 0. The van der Waals surface area contributed by atoms with E-state index in [1.54, 1.807) is 12.1 Å². The molecule has 0 radical (unpaired) electrons. The molecule has 0 aliphatic heterocycles. The molecular weight excluding hydrogens is 406 g/mol. The summed E-state index contributed by atoms with van der Waals surface area (Å²) < 4.78 is 33.8. The largest absolute Gasteiger partial charge is 0.480 e. The third-order valence-electron chi connectivity index (χ3n) is 5.30. The van der Waals surface area contributed by atoms with Crippen molar-refractivity contribution in [3.05, 3.63) is 54.6 Å². The molecule has 9 heteroatoms. The average Bonchev–Trinajstić information content (AvgIpc) is 3.25. The van der Waals surface area contributed by atoms with E-state index in [-0.39, 0.29) is 23.6 Å². The van der Waals surface area contributed by atoms with Crippen molar-refractivity contribution >= 4 is 16.0 Å². The maximum atomic E-state index is 12.8. The molecule has 0 saturated heterocycles. The Kier molecular flexibility index (Phi) is 5.40. The predicted molar refractivity (Wildman–Crippen MR) is 109 cm³/mol. The van der Waals surface area contributed by atoms with E-state index in [4.69, 9.17) is 4.42 Å². The van der Waals surface area contributed by atoms with Crippen LogP contribution in [0.2, 0.25) is 0 Å². The molecule has 8 nitrogen and oxygen atoms in total. The summed E-state index contributed by atoms with van der Waals surface area (Å²) in [4.78, 5) is 11.8. The van der Waals surface area contributed by atoms with Crippen molar-refractivity contribution in [1.29, 1.82) is 0 Å². The fraction of sp³-hybridized carbons (Fsp3) is 0.286. The number of hydrogen-bond acceptors (Lipinski definition) is 6. The molecule has 1 heterocycles. The van der Waals surface area contributed by atoms with E-state index in [0.29, 0.717) is 24.3 Å². The van der Waals surface area contributed by atoms with Gasteiger partial charge in [0.05, 0.1) is 4.90 Å². The Morgan fingerprint density at radius 3 is 2.03 bits per heavy atom. The van der Waals surface area contributed by atoms with Crippen LogP contribution in [0.3, 0.4) is 0 Å². The van der Waals surface area contributed by atoms with E-state index < -0.39 is 21.5 Å². The van der Waals surface area contributed by atoms with E-state index in [0.717, 1.165) is 12.0 Å². The van der Waals surface area contributed by atoms with Crippen molar-refractivity contribution < 1.29 is 22.7 Å². The van der Waals surface area contributed by atoms with Gasteiger partial charge >= 0.3 is 5.97 Å². The summed E-state index contributed by atoms with van der Waals surface area (Å²) in [6.07, 6.45) is 2.82. The summed E-state index contributed by atoms with van der Waals surface area (Å²) in [6.45, 7) is 0.